The summed E-state index contributed by atoms with van der Waals surface area (Å²) in [5.41, 5.74) is 0.561. The van der Waals surface area contributed by atoms with Crippen LogP contribution < -0.4 is 4.74 Å². The Hall–Kier alpha value is -1.96. The third kappa shape index (κ3) is 3.32. The van der Waals surface area contributed by atoms with Crippen LogP contribution in [-0.4, -0.2) is 37.2 Å². The fourth-order valence-electron chi connectivity index (χ4n) is 3.88. The Kier molecular flexibility index (Phi) is 4.72. The van der Waals surface area contributed by atoms with Crippen LogP contribution in [0.3, 0.4) is 0 Å². The number of carbonyl (C=O) groups excluding carboxylic acids is 1. The fraction of sp³-hybridized carbons (Fsp3) is 0.350. The van der Waals surface area contributed by atoms with Gasteiger partial charge < -0.3 is 4.74 Å². The smallest absolute Gasteiger partial charge is 0.243 e. The van der Waals surface area contributed by atoms with Crippen LogP contribution >= 0.6 is 11.6 Å². The summed E-state index contributed by atoms with van der Waals surface area (Å²) < 4.78 is 46.3. The van der Waals surface area contributed by atoms with Crippen LogP contribution in [0.5, 0.6) is 5.75 Å². The Balaban J connectivity index is 1.55. The molecule has 0 N–H and O–H groups in total. The van der Waals surface area contributed by atoms with Crippen molar-refractivity contribution in [2.45, 2.75) is 36.7 Å². The predicted molar refractivity (Wildman–Crippen MR) is 103 cm³/mol. The molecule has 0 aliphatic carbocycles. The first-order valence-electron chi connectivity index (χ1n) is 8.98. The summed E-state index contributed by atoms with van der Waals surface area (Å²) >= 11 is 6.06. The molecule has 0 radical (unpaired) electrons. The Bertz CT molecular complexity index is 1040. The average molecular weight is 424 g/mol. The molecule has 0 aromatic heterocycles. The van der Waals surface area contributed by atoms with Gasteiger partial charge in [0.2, 0.25) is 10.0 Å². The largest absolute Gasteiger partial charge is 0.486 e. The summed E-state index contributed by atoms with van der Waals surface area (Å²) in [6, 6.07) is 8.16. The first-order chi connectivity index (χ1) is 13.2. The highest BCUT2D eigenvalue weighted by Crippen LogP contribution is 2.42. The Labute approximate surface area is 168 Å². The highest BCUT2D eigenvalue weighted by Gasteiger charge is 2.45. The van der Waals surface area contributed by atoms with Crippen LogP contribution in [-0.2, 0) is 10.0 Å². The van der Waals surface area contributed by atoms with E-state index in [1.165, 1.54) is 16.4 Å². The van der Waals surface area contributed by atoms with Crippen LogP contribution in [0.15, 0.2) is 41.3 Å². The molecule has 2 aliphatic rings. The van der Waals surface area contributed by atoms with Gasteiger partial charge in [-0.15, -0.1) is 0 Å². The third-order valence-corrected chi connectivity index (χ3v) is 7.56. The van der Waals surface area contributed by atoms with Gasteiger partial charge in [-0.05, 0) is 48.9 Å². The van der Waals surface area contributed by atoms with Gasteiger partial charge in [0.15, 0.2) is 5.78 Å². The zero-order valence-corrected chi connectivity index (χ0v) is 16.8. The standard InChI is InChI=1S/C20H19ClFNO4S/c1-13-10-14(21)11-17-18(24)12-20(27-19(13)17)6-8-23(9-7-20)28(25,26)16-4-2-15(22)3-5-16/h2-5,10-11H,6-9,12H2,1H3. The number of aryl methyl sites for hydroxylation is 1. The summed E-state index contributed by atoms with van der Waals surface area (Å²) in [7, 11) is -3.71. The minimum atomic E-state index is -3.71. The molecular formula is C20H19ClFNO4S. The van der Waals surface area contributed by atoms with Crippen molar-refractivity contribution in [3.8, 4) is 5.75 Å². The number of ether oxygens (including phenoxy) is 1. The van der Waals surface area contributed by atoms with Gasteiger partial charge in [-0.3, -0.25) is 4.79 Å². The Morgan fingerprint density at radius 1 is 1.14 bits per heavy atom. The Morgan fingerprint density at radius 2 is 1.79 bits per heavy atom. The maximum atomic E-state index is 13.1. The number of piperidine rings is 1. The lowest BCUT2D eigenvalue weighted by atomic mass is 9.82. The molecule has 148 valence electrons. The first-order valence-corrected chi connectivity index (χ1v) is 10.8. The first kappa shape index (κ1) is 19.4. The second-order valence-electron chi connectivity index (χ2n) is 7.34. The molecule has 0 bridgehead atoms. The summed E-state index contributed by atoms with van der Waals surface area (Å²) in [5.74, 6) is 0.0111. The number of sulfonamides is 1. The fourth-order valence-corrected chi connectivity index (χ4v) is 5.60. The summed E-state index contributed by atoms with van der Waals surface area (Å²) in [4.78, 5) is 12.7. The van der Waals surface area contributed by atoms with Crippen molar-refractivity contribution in [1.82, 2.24) is 4.31 Å². The zero-order chi connectivity index (χ0) is 20.1. The number of hydrogen-bond donors (Lipinski definition) is 0. The van der Waals surface area contributed by atoms with Crippen LogP contribution in [0.1, 0.15) is 35.2 Å². The highest BCUT2D eigenvalue weighted by atomic mass is 35.5. The van der Waals surface area contributed by atoms with E-state index in [2.05, 4.69) is 0 Å². The molecule has 1 spiro atoms. The average Bonchev–Trinajstić information content (AvgIpc) is 2.64. The monoisotopic (exact) mass is 423 g/mol. The van der Waals surface area contributed by atoms with E-state index < -0.39 is 21.4 Å². The second-order valence-corrected chi connectivity index (χ2v) is 9.72. The molecule has 5 nitrogen and oxygen atoms in total. The van der Waals surface area contributed by atoms with E-state index in [0.717, 1.165) is 17.7 Å². The van der Waals surface area contributed by atoms with Crippen molar-refractivity contribution in [2.24, 2.45) is 0 Å². The number of halogens is 2. The molecule has 2 heterocycles. The number of hydrogen-bond acceptors (Lipinski definition) is 4. The van der Waals surface area contributed by atoms with E-state index in [0.29, 0.717) is 29.2 Å². The molecule has 0 amide bonds. The van der Waals surface area contributed by atoms with Crippen LogP contribution in [0.2, 0.25) is 5.02 Å². The summed E-state index contributed by atoms with van der Waals surface area (Å²) in [5, 5.41) is 0.490. The number of ketones is 1. The van der Waals surface area contributed by atoms with Gasteiger partial charge >= 0.3 is 0 Å². The van der Waals surface area contributed by atoms with Crippen molar-refractivity contribution in [2.75, 3.05) is 13.1 Å². The normalized spacial score (nSPS) is 19.3. The molecule has 2 aliphatic heterocycles. The van der Waals surface area contributed by atoms with E-state index >= 15 is 0 Å². The van der Waals surface area contributed by atoms with Gasteiger partial charge in [0.25, 0.3) is 0 Å². The molecule has 2 aromatic rings. The van der Waals surface area contributed by atoms with Crippen molar-refractivity contribution >= 4 is 27.4 Å². The summed E-state index contributed by atoms with van der Waals surface area (Å²) in [6.07, 6.45) is 1.01. The molecule has 8 heteroatoms. The van der Waals surface area contributed by atoms with Crippen LogP contribution in [0, 0.1) is 12.7 Å². The van der Waals surface area contributed by atoms with E-state index in [9.17, 15) is 17.6 Å². The zero-order valence-electron chi connectivity index (χ0n) is 15.2. The van der Waals surface area contributed by atoms with Gasteiger partial charge in [0.05, 0.1) is 16.9 Å². The number of fused-ring (bicyclic) bond motifs is 1. The van der Waals surface area contributed by atoms with Gasteiger partial charge in [0.1, 0.15) is 17.2 Å². The molecule has 1 saturated heterocycles. The van der Waals surface area contributed by atoms with Crippen molar-refractivity contribution in [1.29, 1.82) is 0 Å². The number of benzene rings is 2. The van der Waals surface area contributed by atoms with Crippen LogP contribution in [0.25, 0.3) is 0 Å². The molecule has 4 rings (SSSR count). The lowest BCUT2D eigenvalue weighted by Gasteiger charge is -2.43. The number of rotatable bonds is 2. The van der Waals surface area contributed by atoms with Crippen molar-refractivity contribution in [3.05, 3.63) is 58.4 Å². The molecule has 0 unspecified atom stereocenters. The lowest BCUT2D eigenvalue weighted by Crippen LogP contribution is -2.52. The van der Waals surface area contributed by atoms with Crippen LogP contribution in [0.4, 0.5) is 4.39 Å². The van der Waals surface area contributed by atoms with Crippen molar-refractivity contribution in [3.63, 3.8) is 0 Å². The van der Waals surface area contributed by atoms with E-state index in [4.69, 9.17) is 16.3 Å². The van der Waals surface area contributed by atoms with Gasteiger partial charge in [-0.25, -0.2) is 12.8 Å². The maximum absolute atomic E-state index is 13.1. The number of Topliss-reactive ketones (excluding diaryl/α,β-unsaturated/α-hetero) is 1. The molecule has 0 saturated carbocycles. The molecular weight excluding hydrogens is 405 g/mol. The quantitative estimate of drug-likeness (QED) is 0.733. The van der Waals surface area contributed by atoms with E-state index in [1.807, 2.05) is 6.92 Å². The van der Waals surface area contributed by atoms with Crippen molar-refractivity contribution < 1.29 is 22.3 Å². The predicted octanol–water partition coefficient (Wildman–Crippen LogP) is 3.98. The minimum absolute atomic E-state index is 0.0401. The maximum Gasteiger partial charge on any atom is 0.243 e. The van der Waals surface area contributed by atoms with Gasteiger partial charge in [-0.2, -0.15) is 4.31 Å². The summed E-state index contributed by atoms with van der Waals surface area (Å²) in [6.45, 7) is 2.30. The molecule has 1 fully saturated rings. The SMILES string of the molecule is Cc1cc(Cl)cc2c1OC1(CCN(S(=O)(=O)c3ccc(F)cc3)CC1)CC2=O. The molecule has 2 aromatic carbocycles. The van der Waals surface area contributed by atoms with Gasteiger partial charge in [0, 0.05) is 31.0 Å². The highest BCUT2D eigenvalue weighted by molar-refractivity contribution is 7.89. The second kappa shape index (κ2) is 6.83. The number of nitrogens with zero attached hydrogens (tertiary/aromatic N) is 1. The van der Waals surface area contributed by atoms with Gasteiger partial charge in [-0.1, -0.05) is 11.6 Å². The van der Waals surface area contributed by atoms with E-state index in [1.54, 1.807) is 12.1 Å². The lowest BCUT2D eigenvalue weighted by molar-refractivity contribution is 0.00536. The number of carbonyl (C=O) groups is 1. The third-order valence-electron chi connectivity index (χ3n) is 5.43. The minimum Gasteiger partial charge on any atom is -0.486 e. The molecule has 28 heavy (non-hydrogen) atoms. The Morgan fingerprint density at radius 3 is 2.43 bits per heavy atom. The topological polar surface area (TPSA) is 63.7 Å². The van der Waals surface area contributed by atoms with E-state index in [-0.39, 0.29) is 30.2 Å². The molecule has 0 atom stereocenters.